The monoisotopic (exact) mass is 1070 g/mol. The van der Waals surface area contributed by atoms with Crippen molar-refractivity contribution in [2.24, 2.45) is 17.8 Å². The van der Waals surface area contributed by atoms with Crippen molar-refractivity contribution in [3.05, 3.63) is 108 Å². The first kappa shape index (κ1) is 51.6. The van der Waals surface area contributed by atoms with Crippen LogP contribution < -0.4 is 38.2 Å². The number of nitrogens with zero attached hydrogens (tertiary/aromatic N) is 6. The molecule has 4 N–H and O–H groups in total. The van der Waals surface area contributed by atoms with E-state index in [0.29, 0.717) is 114 Å². The minimum atomic E-state index is -1.40. The maximum Gasteiger partial charge on any atom is 0.415 e. The Kier molecular flexibility index (Phi) is 14.0. The quantitative estimate of drug-likeness (QED) is 0.0938. The molecule has 0 radical (unpaired) electrons. The van der Waals surface area contributed by atoms with E-state index >= 15 is 4.79 Å². The molecule has 0 aliphatic carbocycles. The molecule has 2 amide bonds. The summed E-state index contributed by atoms with van der Waals surface area (Å²) >= 11 is 0. The second-order valence-corrected chi connectivity index (χ2v) is 21.1. The fourth-order valence-electron chi connectivity index (χ4n) is 13.3. The van der Waals surface area contributed by atoms with Gasteiger partial charge in [0.25, 0.3) is 0 Å². The number of likely N-dealkylation sites (tertiary alicyclic amines) is 2. The van der Waals surface area contributed by atoms with Crippen molar-refractivity contribution in [3.8, 4) is 34.5 Å². The lowest BCUT2D eigenvalue weighted by molar-refractivity contribution is -0.147. The Morgan fingerprint density at radius 1 is 0.615 bits per heavy atom. The van der Waals surface area contributed by atoms with Crippen molar-refractivity contribution in [2.75, 3.05) is 109 Å². The number of amides is 2. The van der Waals surface area contributed by atoms with Gasteiger partial charge in [0.05, 0.1) is 61.4 Å². The standard InChI is InChI=1S/C58H64N6O14/c1-71-39-5-7-46-43(27-39)41(11-16-59-46)48(67)32-61-18-15-57(35(29-61)13-19-65)54(64(56(70)78-57)38-4-10-51-53(26-38)76-24-22-74-51)45-31-62(33-49(68)42-12-17-60-47-8-6-40(72-2)28-44(42)47)30-36(14-20-66)58(45)34-63(55(69)77-58)37-3-9-50-52(25-37)75-23-21-73-50/h3-12,16-17,25-28,35-36,45,48-49,54,65-68H,13-15,18-24,29-34H2,1-2H3/t35-,36?,45?,48-,49+,54?,57+,58?/m0/s1. The second kappa shape index (κ2) is 21.2. The zero-order chi connectivity index (χ0) is 53.7. The van der Waals surface area contributed by atoms with E-state index < -0.39 is 59.4 Å². The molecule has 12 rings (SSSR count). The highest BCUT2D eigenvalue weighted by Gasteiger charge is 2.70. The third-order valence-corrected chi connectivity index (χ3v) is 16.9. The Morgan fingerprint density at radius 2 is 1.14 bits per heavy atom. The molecule has 8 heterocycles. The molecule has 0 saturated carbocycles. The number of benzene rings is 4. The van der Waals surface area contributed by atoms with Gasteiger partial charge in [0, 0.05) is 112 Å². The Morgan fingerprint density at radius 3 is 1.73 bits per heavy atom. The SMILES string of the molecule is COc1ccc2nccc([C@H](O)CN3CC(CCO)C4(CN(c5ccc6c(c5)OCCO6)C(=O)O4)C(C4N(c5ccc6c(c5)OCCO6)C(=O)O[C@@]45CCN(C[C@H](O)c4ccnc6ccc(OC)cc46)C[C@@H]5CCO)C3)c2c1. The summed E-state index contributed by atoms with van der Waals surface area (Å²) in [6.07, 6.45) is 0.755. The number of aliphatic hydroxyl groups excluding tert-OH is 4. The van der Waals surface area contributed by atoms with Gasteiger partial charge in [0.2, 0.25) is 0 Å². The third kappa shape index (κ3) is 9.16. The largest absolute Gasteiger partial charge is 0.497 e. The minimum absolute atomic E-state index is 0.0232. The molecule has 4 fully saturated rings. The Hall–Kier alpha value is -7.20. The summed E-state index contributed by atoms with van der Waals surface area (Å²) in [5.74, 6) is 1.36. The Bertz CT molecular complexity index is 3220. The lowest BCUT2D eigenvalue weighted by Crippen LogP contribution is -2.71. The molecule has 8 atom stereocenters. The molecule has 2 aromatic heterocycles. The van der Waals surface area contributed by atoms with Crippen LogP contribution in [0.2, 0.25) is 0 Å². The molecule has 78 heavy (non-hydrogen) atoms. The summed E-state index contributed by atoms with van der Waals surface area (Å²) in [6.45, 7) is 2.40. The molecule has 20 heteroatoms. The average Bonchev–Trinajstić information content (AvgIpc) is 4.14. The molecule has 4 aromatic carbocycles. The van der Waals surface area contributed by atoms with E-state index in [1.165, 1.54) is 0 Å². The first-order valence-corrected chi connectivity index (χ1v) is 26.7. The maximum absolute atomic E-state index is 15.4. The van der Waals surface area contributed by atoms with Gasteiger partial charge in [-0.05, 0) is 96.8 Å². The number of piperidine rings is 2. The molecule has 6 aliphatic heterocycles. The van der Waals surface area contributed by atoms with Crippen LogP contribution in [0.3, 0.4) is 0 Å². The predicted molar refractivity (Wildman–Crippen MR) is 285 cm³/mol. The predicted octanol–water partition coefficient (Wildman–Crippen LogP) is 5.90. The highest BCUT2D eigenvalue weighted by Crippen LogP contribution is 2.56. The molecule has 6 aromatic rings. The van der Waals surface area contributed by atoms with Gasteiger partial charge in [0.1, 0.15) is 49.1 Å². The molecule has 4 saturated heterocycles. The van der Waals surface area contributed by atoms with Crippen molar-refractivity contribution in [1.29, 1.82) is 0 Å². The first-order chi connectivity index (χ1) is 38.0. The summed E-state index contributed by atoms with van der Waals surface area (Å²) in [5.41, 5.74) is 0.938. The van der Waals surface area contributed by atoms with Gasteiger partial charge in [-0.15, -0.1) is 0 Å². The number of pyridine rings is 2. The van der Waals surface area contributed by atoms with Gasteiger partial charge in [0.15, 0.2) is 23.0 Å². The number of rotatable bonds is 15. The summed E-state index contributed by atoms with van der Waals surface area (Å²) < 4.78 is 49.0. The van der Waals surface area contributed by atoms with Crippen molar-refractivity contribution >= 4 is 45.4 Å². The zero-order valence-corrected chi connectivity index (χ0v) is 43.6. The summed E-state index contributed by atoms with van der Waals surface area (Å²) in [4.78, 5) is 46.9. The number of methoxy groups -OCH3 is 2. The molecule has 6 aliphatic rings. The van der Waals surface area contributed by atoms with E-state index in [1.54, 1.807) is 78.9 Å². The van der Waals surface area contributed by atoms with E-state index in [-0.39, 0.29) is 58.7 Å². The molecule has 0 bridgehead atoms. The van der Waals surface area contributed by atoms with E-state index in [1.807, 2.05) is 42.5 Å². The Labute approximate surface area is 450 Å². The van der Waals surface area contributed by atoms with E-state index in [0.717, 1.165) is 10.8 Å². The van der Waals surface area contributed by atoms with Crippen LogP contribution >= 0.6 is 0 Å². The third-order valence-electron chi connectivity index (χ3n) is 16.9. The van der Waals surface area contributed by atoms with Crippen molar-refractivity contribution in [1.82, 2.24) is 19.8 Å². The number of hydrogen-bond donors (Lipinski definition) is 4. The number of aromatic nitrogens is 2. The van der Waals surface area contributed by atoms with Gasteiger partial charge in [-0.25, -0.2) is 9.59 Å². The van der Waals surface area contributed by atoms with E-state index in [4.69, 9.17) is 37.9 Å². The molecule has 4 unspecified atom stereocenters. The van der Waals surface area contributed by atoms with Gasteiger partial charge in [-0.3, -0.25) is 29.6 Å². The number of carbonyl (C=O) groups excluding carboxylic acids is 2. The van der Waals surface area contributed by atoms with Crippen LogP contribution in [0.25, 0.3) is 21.8 Å². The minimum Gasteiger partial charge on any atom is -0.497 e. The van der Waals surface area contributed by atoms with E-state index in [2.05, 4.69) is 19.8 Å². The highest BCUT2D eigenvalue weighted by molar-refractivity contribution is 5.94. The van der Waals surface area contributed by atoms with Crippen LogP contribution in [0.1, 0.15) is 42.6 Å². The van der Waals surface area contributed by atoms with Crippen LogP contribution in [-0.2, 0) is 9.47 Å². The second-order valence-electron chi connectivity index (χ2n) is 21.1. The highest BCUT2D eigenvalue weighted by atomic mass is 16.6. The van der Waals surface area contributed by atoms with Gasteiger partial charge >= 0.3 is 12.2 Å². The van der Waals surface area contributed by atoms with Crippen LogP contribution in [-0.4, -0.2) is 169 Å². The van der Waals surface area contributed by atoms with Gasteiger partial charge < -0.3 is 58.3 Å². The molecular weight excluding hydrogens is 1000 g/mol. The van der Waals surface area contributed by atoms with Gasteiger partial charge in [-0.2, -0.15) is 0 Å². The van der Waals surface area contributed by atoms with Crippen LogP contribution in [0, 0.1) is 17.8 Å². The number of hydrogen-bond acceptors (Lipinski definition) is 18. The number of fused-ring (bicyclic) bond motifs is 4. The lowest BCUT2D eigenvalue weighted by atomic mass is 9.61. The lowest BCUT2D eigenvalue weighted by Gasteiger charge is -2.56. The van der Waals surface area contributed by atoms with Crippen LogP contribution in [0.4, 0.5) is 21.0 Å². The number of ether oxygens (including phenoxy) is 8. The van der Waals surface area contributed by atoms with Crippen LogP contribution in [0.5, 0.6) is 34.5 Å². The molecule has 2 spiro atoms. The number of aliphatic hydroxyl groups is 4. The van der Waals surface area contributed by atoms with Crippen molar-refractivity contribution in [3.63, 3.8) is 0 Å². The number of carbonyl (C=O) groups is 2. The normalized spacial score (nSPS) is 25.9. The number of β-amino-alcohol motifs (C(OH)–C–C–N with tert-alkyl or cyclic N) is 2. The zero-order valence-electron chi connectivity index (χ0n) is 43.6. The average molecular weight is 1070 g/mol. The number of anilines is 2. The van der Waals surface area contributed by atoms with Crippen molar-refractivity contribution < 1.29 is 67.9 Å². The molecule has 20 nitrogen and oxygen atoms in total. The topological polar surface area (TPSA) is 228 Å². The first-order valence-electron chi connectivity index (χ1n) is 26.7. The Balaban J connectivity index is 0.976. The fourth-order valence-corrected chi connectivity index (χ4v) is 13.3. The van der Waals surface area contributed by atoms with Gasteiger partial charge in [-0.1, -0.05) is 0 Å². The summed E-state index contributed by atoms with van der Waals surface area (Å²) in [6, 6.07) is 24.4. The van der Waals surface area contributed by atoms with Crippen molar-refractivity contribution in [2.45, 2.75) is 48.7 Å². The molecular formula is C58H64N6O14. The summed E-state index contributed by atoms with van der Waals surface area (Å²) in [7, 11) is 3.18. The van der Waals surface area contributed by atoms with Crippen LogP contribution in [0.15, 0.2) is 97.3 Å². The maximum atomic E-state index is 15.4. The smallest absolute Gasteiger partial charge is 0.415 e. The summed E-state index contributed by atoms with van der Waals surface area (Å²) in [5, 5.41) is 48.1. The molecule has 410 valence electrons. The van der Waals surface area contributed by atoms with E-state index in [9.17, 15) is 25.2 Å². The fraction of sp³-hybridized carbons (Fsp3) is 0.448.